The Morgan fingerprint density at radius 3 is 3.17 bits per heavy atom. The van der Waals surface area contributed by atoms with Crippen LogP contribution in [0, 0.1) is 0 Å². The molecule has 3 aromatic rings. The van der Waals surface area contributed by atoms with Gasteiger partial charge in [-0.05, 0) is 18.9 Å². The minimum atomic E-state index is -0.132. The van der Waals surface area contributed by atoms with E-state index >= 15 is 0 Å². The molecule has 3 heterocycles. The summed E-state index contributed by atoms with van der Waals surface area (Å²) in [7, 11) is 0. The van der Waals surface area contributed by atoms with Crippen molar-refractivity contribution in [2.45, 2.75) is 31.9 Å². The van der Waals surface area contributed by atoms with Gasteiger partial charge in [0.2, 0.25) is 5.91 Å². The van der Waals surface area contributed by atoms with Gasteiger partial charge in [-0.1, -0.05) is 23.4 Å². The average Bonchev–Trinajstić information content (AvgIpc) is 3.34. The molecule has 1 aliphatic rings. The van der Waals surface area contributed by atoms with Gasteiger partial charge in [-0.25, -0.2) is 0 Å². The molecule has 0 unspecified atom stereocenters. The Balaban J connectivity index is 1.35. The van der Waals surface area contributed by atoms with E-state index in [0.717, 1.165) is 36.0 Å². The van der Waals surface area contributed by atoms with Crippen LogP contribution in [0.25, 0.3) is 10.9 Å². The van der Waals surface area contributed by atoms with Crippen LogP contribution in [0.4, 0.5) is 0 Å². The molecule has 0 aliphatic carbocycles. The maximum atomic E-state index is 12.1. The van der Waals surface area contributed by atoms with Crippen molar-refractivity contribution in [2.75, 3.05) is 6.61 Å². The number of amides is 1. The Hall–Kier alpha value is -2.74. The summed E-state index contributed by atoms with van der Waals surface area (Å²) in [6.07, 6.45) is 1.99. The third-order valence-corrected chi connectivity index (χ3v) is 4.01. The average molecular weight is 327 g/mol. The van der Waals surface area contributed by atoms with Crippen LogP contribution >= 0.6 is 0 Å². The van der Waals surface area contributed by atoms with E-state index in [-0.39, 0.29) is 25.0 Å². The number of aromatic nitrogens is 4. The molecule has 1 atom stereocenters. The van der Waals surface area contributed by atoms with Gasteiger partial charge in [0, 0.05) is 12.0 Å². The smallest absolute Gasteiger partial charge is 0.255 e. The molecule has 0 saturated carbocycles. The molecule has 0 bridgehead atoms. The van der Waals surface area contributed by atoms with Crippen LogP contribution < -0.4 is 5.32 Å². The van der Waals surface area contributed by atoms with Crippen molar-refractivity contribution in [3.8, 4) is 0 Å². The minimum Gasteiger partial charge on any atom is -0.368 e. The summed E-state index contributed by atoms with van der Waals surface area (Å²) in [5.41, 5.74) is 1.64. The second-order valence-electron chi connectivity index (χ2n) is 5.72. The number of carbonyl (C=O) groups excluding carboxylic acids is 1. The Kier molecular flexibility index (Phi) is 3.96. The second kappa shape index (κ2) is 6.40. The number of aromatic amines is 1. The first-order chi connectivity index (χ1) is 11.8. The maximum Gasteiger partial charge on any atom is 0.255 e. The van der Waals surface area contributed by atoms with Gasteiger partial charge in [-0.2, -0.15) is 10.1 Å². The highest BCUT2D eigenvalue weighted by molar-refractivity contribution is 5.87. The molecule has 24 heavy (non-hydrogen) atoms. The van der Waals surface area contributed by atoms with Gasteiger partial charge in [0.15, 0.2) is 5.82 Å². The van der Waals surface area contributed by atoms with Crippen LogP contribution in [0.1, 0.15) is 36.4 Å². The number of carbonyl (C=O) groups is 1. The molecular formula is C16H17N5O3. The van der Waals surface area contributed by atoms with Crippen molar-refractivity contribution in [3.63, 3.8) is 0 Å². The monoisotopic (exact) mass is 327 g/mol. The topological polar surface area (TPSA) is 106 Å². The van der Waals surface area contributed by atoms with E-state index in [0.29, 0.717) is 11.7 Å². The highest BCUT2D eigenvalue weighted by Crippen LogP contribution is 2.26. The van der Waals surface area contributed by atoms with Crippen molar-refractivity contribution in [3.05, 3.63) is 41.7 Å². The third kappa shape index (κ3) is 3.00. The van der Waals surface area contributed by atoms with E-state index in [4.69, 9.17) is 9.26 Å². The number of H-pyrrole nitrogens is 1. The summed E-state index contributed by atoms with van der Waals surface area (Å²) < 4.78 is 10.7. The van der Waals surface area contributed by atoms with Gasteiger partial charge >= 0.3 is 0 Å². The van der Waals surface area contributed by atoms with Gasteiger partial charge in [-0.3, -0.25) is 9.89 Å². The maximum absolute atomic E-state index is 12.1. The number of benzene rings is 1. The summed E-state index contributed by atoms with van der Waals surface area (Å²) in [5, 5.41) is 14.7. The van der Waals surface area contributed by atoms with Crippen LogP contribution in [-0.2, 0) is 22.5 Å². The predicted octanol–water partition coefficient (Wildman–Crippen LogP) is 1.66. The zero-order valence-electron chi connectivity index (χ0n) is 13.0. The molecule has 0 radical (unpaired) electrons. The number of nitrogens with one attached hydrogen (secondary N) is 2. The Bertz CT molecular complexity index is 850. The zero-order valence-corrected chi connectivity index (χ0v) is 13.0. The molecule has 1 fully saturated rings. The van der Waals surface area contributed by atoms with Crippen molar-refractivity contribution in [1.82, 2.24) is 25.7 Å². The van der Waals surface area contributed by atoms with E-state index in [1.165, 1.54) is 0 Å². The molecule has 1 amide bonds. The third-order valence-electron chi connectivity index (χ3n) is 4.01. The van der Waals surface area contributed by atoms with Gasteiger partial charge in [0.05, 0.1) is 24.2 Å². The number of ether oxygens (including phenoxy) is 1. The lowest BCUT2D eigenvalue weighted by Gasteiger charge is -2.02. The molecular weight excluding hydrogens is 310 g/mol. The quantitative estimate of drug-likeness (QED) is 0.738. The van der Waals surface area contributed by atoms with E-state index in [9.17, 15) is 4.79 Å². The van der Waals surface area contributed by atoms with Crippen molar-refractivity contribution in [1.29, 1.82) is 0 Å². The second-order valence-corrected chi connectivity index (χ2v) is 5.72. The Labute approximate surface area is 137 Å². The normalized spacial score (nSPS) is 17.4. The number of nitrogens with zero attached hydrogens (tertiary/aromatic N) is 3. The molecule has 8 heteroatoms. The summed E-state index contributed by atoms with van der Waals surface area (Å²) >= 11 is 0. The van der Waals surface area contributed by atoms with Gasteiger partial charge in [0.1, 0.15) is 6.10 Å². The fourth-order valence-corrected chi connectivity index (χ4v) is 2.79. The molecule has 2 N–H and O–H groups in total. The highest BCUT2D eigenvalue weighted by Gasteiger charge is 2.23. The van der Waals surface area contributed by atoms with Crippen molar-refractivity contribution in [2.24, 2.45) is 0 Å². The molecule has 4 rings (SSSR count). The van der Waals surface area contributed by atoms with Crippen LogP contribution in [-0.4, -0.2) is 32.9 Å². The summed E-state index contributed by atoms with van der Waals surface area (Å²) in [5.74, 6) is 0.799. The fraction of sp³-hybridized carbons (Fsp3) is 0.375. The number of para-hydroxylation sites is 1. The largest absolute Gasteiger partial charge is 0.368 e. The Morgan fingerprint density at radius 1 is 1.38 bits per heavy atom. The lowest BCUT2D eigenvalue weighted by Crippen LogP contribution is -2.25. The van der Waals surface area contributed by atoms with Crippen LogP contribution in [0.5, 0.6) is 0 Å². The molecule has 1 aromatic carbocycles. The molecule has 1 saturated heterocycles. The van der Waals surface area contributed by atoms with E-state index in [1.807, 2.05) is 24.3 Å². The van der Waals surface area contributed by atoms with Crippen LogP contribution in [0.15, 0.2) is 28.8 Å². The predicted molar refractivity (Wildman–Crippen MR) is 83.9 cm³/mol. The number of rotatable bonds is 5. The SMILES string of the molecule is O=C(Cc1[nH]nc2ccccc12)NCc1noc([C@@H]2CCCO2)n1. The Morgan fingerprint density at radius 2 is 2.29 bits per heavy atom. The van der Waals surface area contributed by atoms with Gasteiger partial charge < -0.3 is 14.6 Å². The van der Waals surface area contributed by atoms with Crippen LogP contribution in [0.2, 0.25) is 0 Å². The standard InChI is InChI=1S/C16H17N5O3/c22-15(8-12-10-4-1-2-5-11(10)19-20-12)17-9-14-18-16(24-21-14)13-6-3-7-23-13/h1-2,4-5,13H,3,6-9H2,(H,17,22)(H,19,20)/t13-/m0/s1. The zero-order chi connectivity index (χ0) is 16.4. The number of hydrogen-bond acceptors (Lipinski definition) is 6. The summed E-state index contributed by atoms with van der Waals surface area (Å²) in [6, 6.07) is 7.67. The lowest BCUT2D eigenvalue weighted by atomic mass is 10.1. The number of hydrogen-bond donors (Lipinski definition) is 2. The molecule has 1 aliphatic heterocycles. The first-order valence-corrected chi connectivity index (χ1v) is 7.92. The van der Waals surface area contributed by atoms with E-state index in [1.54, 1.807) is 0 Å². The first kappa shape index (κ1) is 14.8. The van der Waals surface area contributed by atoms with Gasteiger partial charge in [-0.15, -0.1) is 0 Å². The van der Waals surface area contributed by atoms with Gasteiger partial charge in [0.25, 0.3) is 5.89 Å². The summed E-state index contributed by atoms with van der Waals surface area (Å²) in [4.78, 5) is 16.4. The first-order valence-electron chi connectivity index (χ1n) is 7.92. The summed E-state index contributed by atoms with van der Waals surface area (Å²) in [6.45, 7) is 0.943. The minimum absolute atomic E-state index is 0.113. The van der Waals surface area contributed by atoms with E-state index < -0.39 is 0 Å². The molecule has 0 spiro atoms. The van der Waals surface area contributed by atoms with Crippen molar-refractivity contribution >= 4 is 16.8 Å². The van der Waals surface area contributed by atoms with Crippen LogP contribution in [0.3, 0.4) is 0 Å². The molecule has 124 valence electrons. The van der Waals surface area contributed by atoms with Crippen molar-refractivity contribution < 1.29 is 14.1 Å². The fourth-order valence-electron chi connectivity index (χ4n) is 2.79. The lowest BCUT2D eigenvalue weighted by molar-refractivity contribution is -0.120. The molecule has 8 nitrogen and oxygen atoms in total. The number of fused-ring (bicyclic) bond motifs is 1. The highest BCUT2D eigenvalue weighted by atomic mass is 16.5. The molecule has 2 aromatic heterocycles. The van der Waals surface area contributed by atoms with E-state index in [2.05, 4.69) is 25.7 Å².